The van der Waals surface area contributed by atoms with E-state index in [1.54, 1.807) is 28.7 Å². The Balaban J connectivity index is 1.51. The first-order chi connectivity index (χ1) is 14.1. The lowest BCUT2D eigenvalue weighted by atomic mass is 10.2. The Morgan fingerprint density at radius 3 is 2.90 bits per heavy atom. The highest BCUT2D eigenvalue weighted by molar-refractivity contribution is 7.89. The number of hydrogen-bond donors (Lipinski definition) is 0. The third kappa shape index (κ3) is 3.02. The monoisotopic (exact) mass is 428 g/mol. The molecule has 4 aromatic rings. The van der Waals surface area contributed by atoms with Gasteiger partial charge in [-0.05, 0) is 37.1 Å². The molecular formula is C19H20N6O2S2. The molecule has 150 valence electrons. The standard InChI is InChI=1S/C19H20N6O2S2/c1-2-5-17-21-15-7-4-10-20-19(15)25(17)13-9-11-24(12-13)29(26,27)16-8-3-6-14-18(16)23-28-22-14/h3-4,6-8,10,13H,2,5,9,11-12H2,1H3/t13-/m1/s1. The zero-order valence-corrected chi connectivity index (χ0v) is 17.5. The number of fused-ring (bicyclic) bond motifs is 2. The van der Waals surface area contributed by atoms with Crippen LogP contribution in [-0.4, -0.2) is 49.1 Å². The van der Waals surface area contributed by atoms with E-state index in [1.165, 1.54) is 0 Å². The maximum atomic E-state index is 13.4. The second-order valence-electron chi connectivity index (χ2n) is 7.19. The van der Waals surface area contributed by atoms with Gasteiger partial charge in [-0.2, -0.15) is 13.1 Å². The fourth-order valence-corrected chi connectivity index (χ4v) is 6.27. The predicted octanol–water partition coefficient (Wildman–Crippen LogP) is 3.02. The molecule has 0 spiro atoms. The number of hydrogen-bond acceptors (Lipinski definition) is 7. The Bertz CT molecular complexity index is 1300. The molecule has 0 radical (unpaired) electrons. The summed E-state index contributed by atoms with van der Waals surface area (Å²) in [6, 6.07) is 8.96. The van der Waals surface area contributed by atoms with Crippen LogP contribution in [0.1, 0.15) is 31.6 Å². The second kappa shape index (κ2) is 7.12. The van der Waals surface area contributed by atoms with Gasteiger partial charge in [0.15, 0.2) is 5.65 Å². The first-order valence-corrected chi connectivity index (χ1v) is 11.8. The third-order valence-electron chi connectivity index (χ3n) is 5.35. The van der Waals surface area contributed by atoms with Gasteiger partial charge in [-0.1, -0.05) is 13.0 Å². The van der Waals surface area contributed by atoms with E-state index in [2.05, 4.69) is 25.2 Å². The van der Waals surface area contributed by atoms with Crippen molar-refractivity contribution in [1.82, 2.24) is 27.6 Å². The molecule has 0 unspecified atom stereocenters. The van der Waals surface area contributed by atoms with Gasteiger partial charge in [0.2, 0.25) is 10.0 Å². The molecule has 3 aromatic heterocycles. The summed E-state index contributed by atoms with van der Waals surface area (Å²) in [4.78, 5) is 9.49. The van der Waals surface area contributed by atoms with Crippen molar-refractivity contribution in [1.29, 1.82) is 0 Å². The molecule has 1 atom stereocenters. The smallest absolute Gasteiger partial charge is 0.245 e. The van der Waals surface area contributed by atoms with Crippen LogP contribution in [0.25, 0.3) is 22.2 Å². The zero-order chi connectivity index (χ0) is 20.0. The van der Waals surface area contributed by atoms with Crippen molar-refractivity contribution in [3.8, 4) is 0 Å². The van der Waals surface area contributed by atoms with Crippen LogP contribution in [0.5, 0.6) is 0 Å². The lowest BCUT2D eigenvalue weighted by Gasteiger charge is -2.19. The largest absolute Gasteiger partial charge is 0.308 e. The van der Waals surface area contributed by atoms with Crippen LogP contribution < -0.4 is 0 Å². The molecule has 5 rings (SSSR count). The molecule has 0 aliphatic carbocycles. The first kappa shape index (κ1) is 18.6. The summed E-state index contributed by atoms with van der Waals surface area (Å²) in [7, 11) is -3.65. The summed E-state index contributed by atoms with van der Waals surface area (Å²) >= 11 is 1.03. The number of aromatic nitrogens is 5. The summed E-state index contributed by atoms with van der Waals surface area (Å²) in [5, 5.41) is 0. The van der Waals surface area contributed by atoms with E-state index in [4.69, 9.17) is 4.98 Å². The van der Waals surface area contributed by atoms with Crippen molar-refractivity contribution in [2.75, 3.05) is 13.1 Å². The SMILES string of the molecule is CCCc1nc2cccnc2n1[C@@H]1CCN(S(=O)(=O)c2cccc3nsnc23)C1. The number of rotatable bonds is 5. The van der Waals surface area contributed by atoms with Crippen molar-refractivity contribution in [2.24, 2.45) is 0 Å². The van der Waals surface area contributed by atoms with Gasteiger partial charge in [0.05, 0.1) is 17.8 Å². The Labute approximate surface area is 172 Å². The number of benzene rings is 1. The number of aryl methyl sites for hydroxylation is 1. The van der Waals surface area contributed by atoms with Crippen molar-refractivity contribution in [3.05, 3.63) is 42.4 Å². The predicted molar refractivity (Wildman–Crippen MR) is 111 cm³/mol. The Morgan fingerprint density at radius 2 is 2.03 bits per heavy atom. The molecule has 8 nitrogen and oxygen atoms in total. The molecule has 29 heavy (non-hydrogen) atoms. The van der Waals surface area contributed by atoms with Crippen LogP contribution in [0.2, 0.25) is 0 Å². The summed E-state index contributed by atoms with van der Waals surface area (Å²) in [6.45, 7) is 2.97. The molecule has 0 amide bonds. The van der Waals surface area contributed by atoms with E-state index in [0.29, 0.717) is 24.1 Å². The van der Waals surface area contributed by atoms with E-state index in [1.807, 2.05) is 12.1 Å². The quantitative estimate of drug-likeness (QED) is 0.485. The summed E-state index contributed by atoms with van der Waals surface area (Å²) in [5.41, 5.74) is 2.74. The molecular weight excluding hydrogens is 408 g/mol. The molecule has 1 aromatic carbocycles. The Kier molecular flexibility index (Phi) is 4.56. The maximum Gasteiger partial charge on any atom is 0.245 e. The second-order valence-corrected chi connectivity index (χ2v) is 9.62. The highest BCUT2D eigenvalue weighted by atomic mass is 32.2. The topological polar surface area (TPSA) is 93.9 Å². The Hall–Kier alpha value is -2.43. The Morgan fingerprint density at radius 1 is 1.17 bits per heavy atom. The molecule has 1 fully saturated rings. The van der Waals surface area contributed by atoms with Gasteiger partial charge in [-0.3, -0.25) is 0 Å². The van der Waals surface area contributed by atoms with Crippen LogP contribution in [0.3, 0.4) is 0 Å². The molecule has 1 aliphatic heterocycles. The van der Waals surface area contributed by atoms with E-state index >= 15 is 0 Å². The number of nitrogens with zero attached hydrogens (tertiary/aromatic N) is 6. The summed E-state index contributed by atoms with van der Waals surface area (Å²) in [5.74, 6) is 0.969. The van der Waals surface area contributed by atoms with E-state index in [0.717, 1.165) is 48.0 Å². The fourth-order valence-electron chi connectivity index (χ4n) is 4.03. The minimum atomic E-state index is -3.65. The average molecular weight is 429 g/mol. The zero-order valence-electron chi connectivity index (χ0n) is 15.9. The minimum absolute atomic E-state index is 0.0130. The van der Waals surface area contributed by atoms with Crippen molar-refractivity contribution < 1.29 is 8.42 Å². The molecule has 0 saturated carbocycles. The molecule has 0 bridgehead atoms. The van der Waals surface area contributed by atoms with Crippen LogP contribution >= 0.6 is 11.7 Å². The van der Waals surface area contributed by atoms with Gasteiger partial charge in [-0.15, -0.1) is 0 Å². The van der Waals surface area contributed by atoms with Gasteiger partial charge >= 0.3 is 0 Å². The fraction of sp³-hybridized carbons (Fsp3) is 0.368. The van der Waals surface area contributed by atoms with Gasteiger partial charge in [0, 0.05) is 25.7 Å². The minimum Gasteiger partial charge on any atom is -0.308 e. The molecule has 4 heterocycles. The van der Waals surface area contributed by atoms with Gasteiger partial charge < -0.3 is 4.57 Å². The lowest BCUT2D eigenvalue weighted by Crippen LogP contribution is -2.29. The lowest BCUT2D eigenvalue weighted by molar-refractivity contribution is 0.449. The van der Waals surface area contributed by atoms with Gasteiger partial charge in [-0.25, -0.2) is 18.4 Å². The number of sulfonamides is 1. The molecule has 0 N–H and O–H groups in total. The first-order valence-electron chi connectivity index (χ1n) is 9.63. The number of pyridine rings is 1. The van der Waals surface area contributed by atoms with Crippen LogP contribution in [-0.2, 0) is 16.4 Å². The molecule has 1 aliphatic rings. The van der Waals surface area contributed by atoms with Gasteiger partial charge in [0.25, 0.3) is 0 Å². The summed E-state index contributed by atoms with van der Waals surface area (Å²) < 4.78 is 38.8. The van der Waals surface area contributed by atoms with E-state index < -0.39 is 10.0 Å². The normalized spacial score (nSPS) is 18.2. The van der Waals surface area contributed by atoms with Gasteiger partial charge in [0.1, 0.15) is 27.3 Å². The van der Waals surface area contributed by atoms with E-state index in [-0.39, 0.29) is 10.9 Å². The highest BCUT2D eigenvalue weighted by Gasteiger charge is 2.36. The highest BCUT2D eigenvalue weighted by Crippen LogP contribution is 2.32. The molecule has 10 heteroatoms. The van der Waals surface area contributed by atoms with Crippen molar-refractivity contribution >= 4 is 43.9 Å². The average Bonchev–Trinajstić information content (AvgIpc) is 3.45. The van der Waals surface area contributed by atoms with Crippen LogP contribution in [0.4, 0.5) is 0 Å². The maximum absolute atomic E-state index is 13.4. The third-order valence-corrected chi connectivity index (χ3v) is 7.79. The van der Waals surface area contributed by atoms with E-state index in [9.17, 15) is 8.42 Å². The number of imidazole rings is 1. The summed E-state index contributed by atoms with van der Waals surface area (Å²) in [6.07, 6.45) is 4.29. The van der Waals surface area contributed by atoms with Crippen molar-refractivity contribution in [2.45, 2.75) is 37.1 Å². The van der Waals surface area contributed by atoms with Crippen molar-refractivity contribution in [3.63, 3.8) is 0 Å². The van der Waals surface area contributed by atoms with Crippen LogP contribution in [0.15, 0.2) is 41.4 Å². The van der Waals surface area contributed by atoms with Crippen LogP contribution in [0, 0.1) is 0 Å². The molecule has 1 saturated heterocycles.